The van der Waals surface area contributed by atoms with E-state index < -0.39 is 15.8 Å². The highest BCUT2D eigenvalue weighted by molar-refractivity contribution is 7.88. The highest BCUT2D eigenvalue weighted by Crippen LogP contribution is 2.33. The lowest BCUT2D eigenvalue weighted by Crippen LogP contribution is -2.59. The van der Waals surface area contributed by atoms with E-state index in [4.69, 9.17) is 11.6 Å². The number of carbonyl (C=O) groups excluding carboxylic acids is 1. The van der Waals surface area contributed by atoms with Crippen LogP contribution in [0.1, 0.15) is 30.1 Å². The van der Waals surface area contributed by atoms with Gasteiger partial charge in [0, 0.05) is 50.4 Å². The first-order valence-corrected chi connectivity index (χ1v) is 11.3. The highest BCUT2D eigenvalue weighted by Gasteiger charge is 2.45. The van der Waals surface area contributed by atoms with E-state index in [0.29, 0.717) is 44.8 Å². The molecule has 0 aromatic heterocycles. The number of sulfonamides is 1. The fourth-order valence-corrected chi connectivity index (χ4v) is 5.15. The summed E-state index contributed by atoms with van der Waals surface area (Å²) in [4.78, 5) is 16.7. The lowest BCUT2D eigenvalue weighted by molar-refractivity contribution is 0.0312. The van der Waals surface area contributed by atoms with Crippen molar-refractivity contribution in [1.82, 2.24) is 14.1 Å². The van der Waals surface area contributed by atoms with Crippen LogP contribution in [0.3, 0.4) is 0 Å². The van der Waals surface area contributed by atoms with Crippen molar-refractivity contribution >= 4 is 27.5 Å². The van der Waals surface area contributed by atoms with E-state index in [9.17, 15) is 17.6 Å². The molecule has 0 spiro atoms. The van der Waals surface area contributed by atoms with Crippen LogP contribution in [0.25, 0.3) is 0 Å². The molecule has 1 aromatic rings. The Hall–Kier alpha value is -1.22. The molecule has 2 saturated heterocycles. The number of piperazine rings is 1. The molecule has 0 aliphatic carbocycles. The number of nitrogens with zero attached hydrogens (tertiary/aromatic N) is 3. The van der Waals surface area contributed by atoms with Gasteiger partial charge in [-0.15, -0.1) is 0 Å². The van der Waals surface area contributed by atoms with E-state index >= 15 is 0 Å². The molecule has 1 unspecified atom stereocenters. The van der Waals surface area contributed by atoms with E-state index in [2.05, 4.69) is 11.8 Å². The third-order valence-corrected chi connectivity index (χ3v) is 7.37. The molecule has 27 heavy (non-hydrogen) atoms. The van der Waals surface area contributed by atoms with Crippen LogP contribution in [0.4, 0.5) is 4.39 Å². The van der Waals surface area contributed by atoms with E-state index in [1.807, 2.05) is 0 Å². The topological polar surface area (TPSA) is 60.9 Å². The van der Waals surface area contributed by atoms with Gasteiger partial charge in [-0.2, -0.15) is 0 Å². The number of benzene rings is 1. The molecule has 1 amide bonds. The quantitative estimate of drug-likeness (QED) is 0.752. The Balaban J connectivity index is 1.66. The SMILES string of the molecule is CCC1(N2CCN(C(=O)c3ccc(F)c(Cl)c3)CC2)CCN(S(C)(=O)=O)C1. The fourth-order valence-electron chi connectivity index (χ4n) is 4.07. The van der Waals surface area contributed by atoms with Crippen molar-refractivity contribution in [3.63, 3.8) is 0 Å². The van der Waals surface area contributed by atoms with Crippen LogP contribution in [-0.4, -0.2) is 79.5 Å². The first kappa shape index (κ1) is 20.5. The minimum atomic E-state index is -3.19. The zero-order valence-electron chi connectivity index (χ0n) is 15.6. The van der Waals surface area contributed by atoms with E-state index in [-0.39, 0.29) is 16.5 Å². The Morgan fingerprint density at radius 3 is 2.41 bits per heavy atom. The molecule has 6 nitrogen and oxygen atoms in total. The Kier molecular flexibility index (Phi) is 5.82. The smallest absolute Gasteiger partial charge is 0.253 e. The van der Waals surface area contributed by atoms with Gasteiger partial charge in [0.15, 0.2) is 0 Å². The lowest BCUT2D eigenvalue weighted by atomic mass is 9.92. The molecule has 2 aliphatic heterocycles. The van der Waals surface area contributed by atoms with Crippen molar-refractivity contribution < 1.29 is 17.6 Å². The predicted molar refractivity (Wildman–Crippen MR) is 103 cm³/mol. The average Bonchev–Trinajstić information content (AvgIpc) is 3.10. The minimum Gasteiger partial charge on any atom is -0.336 e. The average molecular weight is 418 g/mol. The van der Waals surface area contributed by atoms with Crippen LogP contribution in [0.2, 0.25) is 5.02 Å². The molecule has 2 aliphatic rings. The van der Waals surface area contributed by atoms with Crippen LogP contribution < -0.4 is 0 Å². The maximum absolute atomic E-state index is 13.3. The molecule has 1 atom stereocenters. The van der Waals surface area contributed by atoms with Crippen LogP contribution in [0.15, 0.2) is 18.2 Å². The second-order valence-electron chi connectivity index (χ2n) is 7.33. The van der Waals surface area contributed by atoms with Crippen LogP contribution in [0, 0.1) is 5.82 Å². The molecule has 0 N–H and O–H groups in total. The maximum Gasteiger partial charge on any atom is 0.253 e. The summed E-state index contributed by atoms with van der Waals surface area (Å²) >= 11 is 5.79. The molecular weight excluding hydrogens is 393 g/mol. The molecular formula is C18H25ClFN3O3S. The van der Waals surface area contributed by atoms with Crippen molar-refractivity contribution in [3.8, 4) is 0 Å². The van der Waals surface area contributed by atoms with E-state index in [1.165, 1.54) is 24.5 Å². The Morgan fingerprint density at radius 2 is 1.89 bits per heavy atom. The number of carbonyl (C=O) groups is 1. The first-order chi connectivity index (χ1) is 12.7. The van der Waals surface area contributed by atoms with E-state index in [1.54, 1.807) is 9.21 Å². The third-order valence-electron chi connectivity index (χ3n) is 5.83. The Labute approximate surface area is 164 Å². The van der Waals surface area contributed by atoms with Gasteiger partial charge in [0.1, 0.15) is 5.82 Å². The summed E-state index contributed by atoms with van der Waals surface area (Å²) < 4.78 is 38.6. The standard InChI is InChI=1S/C18H25ClFN3O3S/c1-3-18(6-7-23(13-18)27(2,25)26)22-10-8-21(9-11-22)17(24)14-4-5-16(20)15(19)12-14/h4-5,12H,3,6-11,13H2,1-2H3. The normalized spacial score (nSPS) is 25.1. The number of rotatable bonds is 4. The molecule has 0 radical (unpaired) electrons. The summed E-state index contributed by atoms with van der Waals surface area (Å²) in [6.45, 7) is 5.61. The van der Waals surface area contributed by atoms with Gasteiger partial charge >= 0.3 is 0 Å². The molecule has 150 valence electrons. The van der Waals surface area contributed by atoms with Gasteiger partial charge in [0.25, 0.3) is 5.91 Å². The third kappa shape index (κ3) is 4.13. The monoisotopic (exact) mass is 417 g/mol. The molecule has 0 bridgehead atoms. The first-order valence-electron chi connectivity index (χ1n) is 9.11. The van der Waals surface area contributed by atoms with Gasteiger partial charge in [0.05, 0.1) is 11.3 Å². The van der Waals surface area contributed by atoms with Crippen LogP contribution in [0.5, 0.6) is 0 Å². The summed E-state index contributed by atoms with van der Waals surface area (Å²) in [5, 5.41) is -0.0590. The largest absolute Gasteiger partial charge is 0.336 e. The van der Waals surface area contributed by atoms with Crippen molar-refractivity contribution in [2.45, 2.75) is 25.3 Å². The second kappa shape index (κ2) is 7.66. The Bertz CT molecular complexity index is 827. The van der Waals surface area contributed by atoms with Gasteiger partial charge in [-0.3, -0.25) is 9.69 Å². The van der Waals surface area contributed by atoms with Crippen molar-refractivity contribution in [3.05, 3.63) is 34.6 Å². The molecule has 2 heterocycles. The van der Waals surface area contributed by atoms with Crippen molar-refractivity contribution in [1.29, 1.82) is 0 Å². The summed E-state index contributed by atoms with van der Waals surface area (Å²) in [6, 6.07) is 4.01. The number of hydrogen-bond donors (Lipinski definition) is 0. The van der Waals surface area contributed by atoms with Crippen molar-refractivity contribution in [2.75, 3.05) is 45.5 Å². The molecule has 0 saturated carbocycles. The van der Waals surface area contributed by atoms with Gasteiger partial charge in [-0.05, 0) is 31.0 Å². The maximum atomic E-state index is 13.3. The van der Waals surface area contributed by atoms with Crippen LogP contribution >= 0.6 is 11.6 Å². The van der Waals surface area contributed by atoms with Gasteiger partial charge in [-0.1, -0.05) is 18.5 Å². The lowest BCUT2D eigenvalue weighted by Gasteiger charge is -2.45. The Morgan fingerprint density at radius 1 is 1.22 bits per heavy atom. The second-order valence-corrected chi connectivity index (χ2v) is 9.72. The van der Waals surface area contributed by atoms with Crippen molar-refractivity contribution in [2.24, 2.45) is 0 Å². The van der Waals surface area contributed by atoms with Gasteiger partial charge in [0.2, 0.25) is 10.0 Å². The zero-order chi connectivity index (χ0) is 19.8. The molecule has 3 rings (SSSR count). The summed E-state index contributed by atoms with van der Waals surface area (Å²) in [5.41, 5.74) is 0.210. The minimum absolute atomic E-state index is 0.0590. The molecule has 9 heteroatoms. The number of halogens is 2. The summed E-state index contributed by atoms with van der Waals surface area (Å²) in [6.07, 6.45) is 2.92. The molecule has 2 fully saturated rings. The number of amides is 1. The van der Waals surface area contributed by atoms with E-state index in [0.717, 1.165) is 12.8 Å². The zero-order valence-corrected chi connectivity index (χ0v) is 17.2. The highest BCUT2D eigenvalue weighted by atomic mass is 35.5. The fraction of sp³-hybridized carbons (Fsp3) is 0.611. The van der Waals surface area contributed by atoms with Gasteiger partial charge < -0.3 is 4.90 Å². The summed E-state index contributed by atoms with van der Waals surface area (Å²) in [7, 11) is -3.19. The van der Waals surface area contributed by atoms with Crippen LogP contribution in [-0.2, 0) is 10.0 Å². The van der Waals surface area contributed by atoms with Gasteiger partial charge in [-0.25, -0.2) is 17.1 Å². The predicted octanol–water partition coefficient (Wildman–Crippen LogP) is 2.05. The number of hydrogen-bond acceptors (Lipinski definition) is 4. The summed E-state index contributed by atoms with van der Waals surface area (Å²) in [5.74, 6) is -0.703. The molecule has 1 aromatic carbocycles.